The molecule has 1 N–H and O–H groups in total. The van der Waals surface area contributed by atoms with Crippen molar-refractivity contribution in [2.45, 2.75) is 26.3 Å². The quantitative estimate of drug-likeness (QED) is 0.903. The maximum absolute atomic E-state index is 13.8. The van der Waals surface area contributed by atoms with Gasteiger partial charge in [-0.2, -0.15) is 0 Å². The Bertz CT molecular complexity index is 584. The largest absolute Gasteiger partial charge is 0.310 e. The van der Waals surface area contributed by atoms with E-state index in [2.05, 4.69) is 10.3 Å². The lowest BCUT2D eigenvalue weighted by molar-refractivity contribution is 0.480. The minimum Gasteiger partial charge on any atom is -0.310 e. The summed E-state index contributed by atoms with van der Waals surface area (Å²) in [7, 11) is 0. The lowest BCUT2D eigenvalue weighted by Gasteiger charge is -2.20. The number of nitrogens with zero attached hydrogens (tertiary/aromatic N) is 1. The molecule has 2 aromatic rings. The molecule has 0 aliphatic rings. The van der Waals surface area contributed by atoms with E-state index in [4.69, 9.17) is 0 Å². The van der Waals surface area contributed by atoms with E-state index in [9.17, 15) is 8.78 Å². The summed E-state index contributed by atoms with van der Waals surface area (Å²) in [6.45, 7) is 4.71. The van der Waals surface area contributed by atoms with E-state index in [0.717, 1.165) is 23.7 Å². The van der Waals surface area contributed by atoms with Crippen molar-refractivity contribution >= 4 is 0 Å². The predicted octanol–water partition coefficient (Wildman–Crippen LogP) is 3.56. The van der Waals surface area contributed by atoms with Crippen LogP contribution in [0.25, 0.3) is 0 Å². The number of halogens is 2. The Morgan fingerprint density at radius 1 is 1.25 bits per heavy atom. The molecule has 4 heteroatoms. The van der Waals surface area contributed by atoms with Gasteiger partial charge in [-0.05, 0) is 48.7 Å². The van der Waals surface area contributed by atoms with Crippen LogP contribution in [-0.2, 0) is 6.42 Å². The van der Waals surface area contributed by atoms with E-state index in [1.807, 2.05) is 19.9 Å². The van der Waals surface area contributed by atoms with Gasteiger partial charge >= 0.3 is 0 Å². The Morgan fingerprint density at radius 3 is 2.75 bits per heavy atom. The number of benzene rings is 1. The second kappa shape index (κ2) is 6.57. The average molecular weight is 276 g/mol. The van der Waals surface area contributed by atoms with Crippen molar-refractivity contribution in [3.05, 3.63) is 65.0 Å². The number of nitrogens with one attached hydrogen (secondary N) is 1. The first-order chi connectivity index (χ1) is 9.63. The topological polar surface area (TPSA) is 24.9 Å². The molecule has 1 aromatic heterocycles. The maximum atomic E-state index is 13.8. The molecule has 1 unspecified atom stereocenters. The molecule has 0 aliphatic carbocycles. The summed E-state index contributed by atoms with van der Waals surface area (Å²) in [5, 5.41) is 3.32. The van der Waals surface area contributed by atoms with Crippen molar-refractivity contribution in [3.63, 3.8) is 0 Å². The molecule has 0 radical (unpaired) electrons. The fourth-order valence-corrected chi connectivity index (χ4v) is 2.34. The number of aromatic nitrogens is 1. The number of rotatable bonds is 5. The average Bonchev–Trinajstić information content (AvgIpc) is 2.44. The Morgan fingerprint density at radius 2 is 2.05 bits per heavy atom. The summed E-state index contributed by atoms with van der Waals surface area (Å²) in [5.41, 5.74) is 2.48. The molecule has 0 saturated carbocycles. The van der Waals surface area contributed by atoms with Gasteiger partial charge in [0.25, 0.3) is 0 Å². The molecule has 2 rings (SSSR count). The third-order valence-electron chi connectivity index (χ3n) is 3.35. The van der Waals surface area contributed by atoms with Gasteiger partial charge in [-0.25, -0.2) is 8.78 Å². The molecule has 2 nitrogen and oxygen atoms in total. The van der Waals surface area contributed by atoms with Crippen molar-refractivity contribution in [1.29, 1.82) is 0 Å². The van der Waals surface area contributed by atoms with Crippen molar-refractivity contribution in [2.75, 3.05) is 6.54 Å². The monoisotopic (exact) mass is 276 g/mol. The Balaban J connectivity index is 2.31. The number of hydrogen-bond donors (Lipinski definition) is 1. The smallest absolute Gasteiger partial charge is 0.162 e. The number of pyridine rings is 1. The van der Waals surface area contributed by atoms with E-state index >= 15 is 0 Å². The summed E-state index contributed by atoms with van der Waals surface area (Å²) in [6, 6.07) is 6.16. The van der Waals surface area contributed by atoms with Gasteiger partial charge < -0.3 is 5.32 Å². The molecule has 0 saturated heterocycles. The number of aryl methyl sites for hydroxylation is 1. The van der Waals surface area contributed by atoms with Crippen LogP contribution in [0.15, 0.2) is 36.7 Å². The lowest BCUT2D eigenvalue weighted by Crippen LogP contribution is -2.24. The Labute approximate surface area is 117 Å². The molecular weight excluding hydrogens is 258 g/mol. The summed E-state index contributed by atoms with van der Waals surface area (Å²) in [6.07, 6.45) is 3.90. The first-order valence-electron chi connectivity index (χ1n) is 6.70. The highest BCUT2D eigenvalue weighted by molar-refractivity contribution is 5.29. The zero-order valence-corrected chi connectivity index (χ0v) is 11.7. The van der Waals surface area contributed by atoms with Crippen LogP contribution >= 0.6 is 0 Å². The summed E-state index contributed by atoms with van der Waals surface area (Å²) in [5.74, 6) is -1.56. The normalized spacial score (nSPS) is 12.4. The highest BCUT2D eigenvalue weighted by atomic mass is 19.2. The minimum absolute atomic E-state index is 0.0562. The zero-order valence-electron chi connectivity index (χ0n) is 11.7. The first kappa shape index (κ1) is 14.6. The fourth-order valence-electron chi connectivity index (χ4n) is 2.34. The van der Waals surface area contributed by atoms with Crippen molar-refractivity contribution in [3.8, 4) is 0 Å². The minimum atomic E-state index is -0.802. The molecule has 106 valence electrons. The van der Waals surface area contributed by atoms with Gasteiger partial charge in [-0.3, -0.25) is 4.98 Å². The van der Waals surface area contributed by atoms with Crippen molar-refractivity contribution in [2.24, 2.45) is 0 Å². The van der Waals surface area contributed by atoms with Crippen LogP contribution < -0.4 is 5.32 Å². The summed E-state index contributed by atoms with van der Waals surface area (Å²) in [4.78, 5) is 4.06. The number of likely N-dealkylation sites (N-methyl/N-ethyl adjacent to an activating group) is 1. The molecule has 0 amide bonds. The summed E-state index contributed by atoms with van der Waals surface area (Å²) >= 11 is 0. The van der Waals surface area contributed by atoms with E-state index in [0.29, 0.717) is 12.0 Å². The molecule has 1 atom stereocenters. The second-order valence-corrected chi connectivity index (χ2v) is 4.76. The molecule has 0 spiro atoms. The van der Waals surface area contributed by atoms with E-state index in [1.54, 1.807) is 18.5 Å². The molecule has 1 aromatic carbocycles. The fraction of sp³-hybridized carbons (Fsp3) is 0.312. The van der Waals surface area contributed by atoms with E-state index < -0.39 is 11.6 Å². The molecular formula is C16H18F2N2. The highest BCUT2D eigenvalue weighted by Gasteiger charge is 2.17. The molecule has 20 heavy (non-hydrogen) atoms. The third-order valence-corrected chi connectivity index (χ3v) is 3.35. The molecule has 1 heterocycles. The van der Waals surface area contributed by atoms with Crippen LogP contribution in [0.2, 0.25) is 0 Å². The van der Waals surface area contributed by atoms with Gasteiger partial charge in [0.15, 0.2) is 11.6 Å². The second-order valence-electron chi connectivity index (χ2n) is 4.76. The van der Waals surface area contributed by atoms with Crippen LogP contribution in [0.4, 0.5) is 8.78 Å². The van der Waals surface area contributed by atoms with Crippen LogP contribution in [0.3, 0.4) is 0 Å². The van der Waals surface area contributed by atoms with Crippen LogP contribution in [0, 0.1) is 18.6 Å². The van der Waals surface area contributed by atoms with Crippen LogP contribution in [-0.4, -0.2) is 11.5 Å². The van der Waals surface area contributed by atoms with Gasteiger partial charge in [-0.1, -0.05) is 19.1 Å². The number of hydrogen-bond acceptors (Lipinski definition) is 2. The molecule has 0 aliphatic heterocycles. The van der Waals surface area contributed by atoms with Gasteiger partial charge in [0.05, 0.1) is 0 Å². The van der Waals surface area contributed by atoms with E-state index in [-0.39, 0.29) is 6.04 Å². The van der Waals surface area contributed by atoms with E-state index in [1.165, 1.54) is 6.07 Å². The van der Waals surface area contributed by atoms with Crippen LogP contribution in [0.1, 0.15) is 29.7 Å². The molecule has 0 bridgehead atoms. The lowest BCUT2D eigenvalue weighted by atomic mass is 9.96. The van der Waals surface area contributed by atoms with Gasteiger partial charge in [0, 0.05) is 18.4 Å². The SMILES string of the molecule is CCNC(Cc1cccc(F)c1F)c1ccncc1C. The summed E-state index contributed by atoms with van der Waals surface area (Å²) < 4.78 is 27.1. The van der Waals surface area contributed by atoms with Crippen molar-refractivity contribution < 1.29 is 8.78 Å². The Kier molecular flexibility index (Phi) is 4.79. The first-order valence-corrected chi connectivity index (χ1v) is 6.70. The van der Waals surface area contributed by atoms with Gasteiger partial charge in [0.2, 0.25) is 0 Å². The van der Waals surface area contributed by atoms with Crippen molar-refractivity contribution in [1.82, 2.24) is 10.3 Å². The third kappa shape index (κ3) is 3.20. The molecule has 0 fully saturated rings. The van der Waals surface area contributed by atoms with Gasteiger partial charge in [0.1, 0.15) is 0 Å². The standard InChI is InChI=1S/C16H18F2N2/c1-3-20-15(13-7-8-19-10-11(13)2)9-12-5-4-6-14(17)16(12)18/h4-8,10,15,20H,3,9H2,1-2H3. The maximum Gasteiger partial charge on any atom is 0.162 e. The van der Waals surface area contributed by atoms with Crippen LogP contribution in [0.5, 0.6) is 0 Å². The van der Waals surface area contributed by atoms with Gasteiger partial charge in [-0.15, -0.1) is 0 Å². The zero-order chi connectivity index (χ0) is 14.5. The Hall–Kier alpha value is -1.81. The highest BCUT2D eigenvalue weighted by Crippen LogP contribution is 2.23. The predicted molar refractivity (Wildman–Crippen MR) is 75.5 cm³/mol.